The Kier molecular flexibility index (Phi) is 5.60. The van der Waals surface area contributed by atoms with Gasteiger partial charge in [0.25, 0.3) is 10.0 Å². The van der Waals surface area contributed by atoms with E-state index in [9.17, 15) is 21.6 Å². The number of sulfonamides is 2. The van der Waals surface area contributed by atoms with Crippen molar-refractivity contribution in [2.75, 3.05) is 0 Å². The summed E-state index contributed by atoms with van der Waals surface area (Å²) in [5.41, 5.74) is -0.217. The molecule has 0 aliphatic heterocycles. The predicted molar refractivity (Wildman–Crippen MR) is 104 cm³/mol. The van der Waals surface area contributed by atoms with Gasteiger partial charge in [0, 0.05) is 0 Å². The molecule has 0 bridgehead atoms. The molecule has 28 heavy (non-hydrogen) atoms. The third-order valence-electron chi connectivity index (χ3n) is 5.14. The molecule has 0 heterocycles. The number of hydrogen-bond donors (Lipinski definition) is 2. The molecule has 0 aromatic heterocycles. The van der Waals surface area contributed by atoms with Gasteiger partial charge in [0.15, 0.2) is 0 Å². The van der Waals surface area contributed by atoms with Crippen LogP contribution in [-0.4, -0.2) is 22.7 Å². The normalized spacial score (nSPS) is 17.0. The van der Waals surface area contributed by atoms with Crippen molar-refractivity contribution >= 4 is 26.0 Å². The van der Waals surface area contributed by atoms with Crippen molar-refractivity contribution in [3.05, 3.63) is 60.2 Å². The fourth-order valence-electron chi connectivity index (χ4n) is 3.74. The largest absolute Gasteiger partial charge is 0.273 e. The molecule has 2 aromatic rings. The number of nitrogens with one attached hydrogen (secondary N) is 1. The Morgan fingerprint density at radius 1 is 0.821 bits per heavy atom. The van der Waals surface area contributed by atoms with E-state index in [0.29, 0.717) is 12.8 Å². The molecule has 150 valence electrons. The van der Waals surface area contributed by atoms with Gasteiger partial charge in [-0.2, -0.15) is 0 Å². The third kappa shape index (κ3) is 3.96. The van der Waals surface area contributed by atoms with E-state index in [4.69, 9.17) is 5.14 Å². The lowest BCUT2D eigenvalue weighted by atomic mass is 9.69. The lowest BCUT2D eigenvalue weighted by molar-refractivity contribution is -0.126. The molecule has 1 amide bonds. The standard InChI is InChI=1S/C19H22N2O5S2/c20-27(23,24)16-11-5-6-12-17(16)28(25,26)21-18(22)19(13-7-2-8-14-19)15-9-3-1-4-10-15/h1,3-6,9-12H,2,7-8,13-14H2,(H,21,22)(H2,20,23,24). The molecule has 1 saturated carbocycles. The van der Waals surface area contributed by atoms with E-state index in [0.717, 1.165) is 37.0 Å². The van der Waals surface area contributed by atoms with Crippen molar-refractivity contribution in [1.82, 2.24) is 4.72 Å². The van der Waals surface area contributed by atoms with Crippen LogP contribution in [0.5, 0.6) is 0 Å². The second kappa shape index (κ2) is 7.65. The van der Waals surface area contributed by atoms with Gasteiger partial charge in [-0.15, -0.1) is 0 Å². The average molecular weight is 423 g/mol. The van der Waals surface area contributed by atoms with Gasteiger partial charge < -0.3 is 0 Å². The van der Waals surface area contributed by atoms with Crippen LogP contribution >= 0.6 is 0 Å². The first kappa shape index (κ1) is 20.5. The number of benzene rings is 2. The molecule has 3 rings (SSSR count). The van der Waals surface area contributed by atoms with Crippen molar-refractivity contribution in [3.63, 3.8) is 0 Å². The summed E-state index contributed by atoms with van der Waals surface area (Å²) in [7, 11) is -8.70. The fourth-order valence-corrected chi connectivity index (χ4v) is 6.18. The first-order chi connectivity index (χ1) is 13.2. The second-order valence-electron chi connectivity index (χ2n) is 6.94. The van der Waals surface area contributed by atoms with Crippen LogP contribution in [0.25, 0.3) is 0 Å². The van der Waals surface area contributed by atoms with E-state index in [1.165, 1.54) is 12.1 Å². The zero-order valence-electron chi connectivity index (χ0n) is 15.2. The highest BCUT2D eigenvalue weighted by Gasteiger charge is 2.43. The lowest BCUT2D eigenvalue weighted by Gasteiger charge is -2.36. The maximum atomic E-state index is 13.2. The minimum atomic E-state index is -4.43. The molecule has 1 aliphatic rings. The van der Waals surface area contributed by atoms with Gasteiger partial charge in [-0.05, 0) is 30.5 Å². The van der Waals surface area contributed by atoms with E-state index >= 15 is 0 Å². The first-order valence-corrected chi connectivity index (χ1v) is 11.9. The minimum absolute atomic E-state index is 0.523. The summed E-state index contributed by atoms with van der Waals surface area (Å²) < 4.78 is 51.4. The lowest BCUT2D eigenvalue weighted by Crippen LogP contribution is -2.48. The van der Waals surface area contributed by atoms with Gasteiger partial charge in [0.05, 0.1) is 5.41 Å². The quantitative estimate of drug-likeness (QED) is 0.763. The predicted octanol–water partition coefficient (Wildman–Crippen LogP) is 2.04. The maximum absolute atomic E-state index is 13.2. The summed E-state index contributed by atoms with van der Waals surface area (Å²) in [6.45, 7) is 0. The SMILES string of the molecule is NS(=O)(=O)c1ccccc1S(=O)(=O)NC(=O)C1(c2ccccc2)CCCCC1. The highest BCUT2D eigenvalue weighted by atomic mass is 32.2. The van der Waals surface area contributed by atoms with Gasteiger partial charge in [-0.25, -0.2) is 26.7 Å². The Morgan fingerprint density at radius 3 is 1.93 bits per heavy atom. The molecular formula is C19H22N2O5S2. The van der Waals surface area contributed by atoms with Crippen LogP contribution in [0.3, 0.4) is 0 Å². The van der Waals surface area contributed by atoms with Crippen molar-refractivity contribution in [2.45, 2.75) is 47.3 Å². The van der Waals surface area contributed by atoms with Gasteiger partial charge >= 0.3 is 0 Å². The highest BCUT2D eigenvalue weighted by molar-refractivity contribution is 7.92. The maximum Gasteiger partial charge on any atom is 0.265 e. The van der Waals surface area contributed by atoms with Crippen LogP contribution in [0.15, 0.2) is 64.4 Å². The molecule has 0 saturated heterocycles. The summed E-state index contributed by atoms with van der Waals surface area (Å²) >= 11 is 0. The molecular weight excluding hydrogens is 400 g/mol. The van der Waals surface area contributed by atoms with Gasteiger partial charge in [0.2, 0.25) is 15.9 Å². The van der Waals surface area contributed by atoms with Crippen molar-refractivity contribution < 1.29 is 21.6 Å². The van der Waals surface area contributed by atoms with E-state index < -0.39 is 41.2 Å². The van der Waals surface area contributed by atoms with Gasteiger partial charge in [-0.3, -0.25) is 4.79 Å². The molecule has 7 nitrogen and oxygen atoms in total. The number of primary sulfonamides is 1. The molecule has 0 radical (unpaired) electrons. The zero-order valence-corrected chi connectivity index (χ0v) is 16.8. The van der Waals surface area contributed by atoms with Crippen LogP contribution in [0, 0.1) is 0 Å². The van der Waals surface area contributed by atoms with E-state index in [-0.39, 0.29) is 0 Å². The van der Waals surface area contributed by atoms with Crippen molar-refractivity contribution in [2.24, 2.45) is 5.14 Å². The molecule has 0 unspecified atom stereocenters. The Hall–Kier alpha value is -2.23. The monoisotopic (exact) mass is 422 g/mol. The molecule has 3 N–H and O–H groups in total. The smallest absolute Gasteiger partial charge is 0.265 e. The molecule has 2 aromatic carbocycles. The molecule has 0 atom stereocenters. The summed E-state index contributed by atoms with van der Waals surface area (Å²) in [4.78, 5) is 12.1. The number of nitrogens with two attached hydrogens (primary N) is 1. The molecule has 1 aliphatic carbocycles. The molecule has 1 fully saturated rings. The fraction of sp³-hybridized carbons (Fsp3) is 0.316. The topological polar surface area (TPSA) is 123 Å². The Labute approximate surface area is 165 Å². The van der Waals surface area contributed by atoms with E-state index in [1.54, 1.807) is 0 Å². The van der Waals surface area contributed by atoms with Crippen molar-refractivity contribution in [3.8, 4) is 0 Å². The number of hydrogen-bond acceptors (Lipinski definition) is 5. The highest BCUT2D eigenvalue weighted by Crippen LogP contribution is 2.40. The van der Waals surface area contributed by atoms with E-state index in [1.807, 2.05) is 30.3 Å². The van der Waals surface area contributed by atoms with Crippen LogP contribution in [-0.2, 0) is 30.3 Å². The van der Waals surface area contributed by atoms with Crippen LogP contribution in [0.4, 0.5) is 0 Å². The zero-order chi connectivity index (χ0) is 20.4. The van der Waals surface area contributed by atoms with Crippen molar-refractivity contribution in [1.29, 1.82) is 0 Å². The number of rotatable bonds is 5. The van der Waals surface area contributed by atoms with E-state index in [2.05, 4.69) is 4.72 Å². The summed E-state index contributed by atoms with van der Waals surface area (Å²) in [6.07, 6.45) is 3.62. The second-order valence-corrected chi connectivity index (χ2v) is 10.1. The minimum Gasteiger partial charge on any atom is -0.273 e. The third-order valence-corrected chi connectivity index (χ3v) is 7.63. The first-order valence-electron chi connectivity index (χ1n) is 8.91. The van der Waals surface area contributed by atoms with Crippen LogP contribution in [0.2, 0.25) is 0 Å². The molecule has 9 heteroatoms. The Bertz CT molecular complexity index is 1070. The summed E-state index contributed by atoms with van der Waals surface area (Å²) in [6, 6.07) is 14.0. The summed E-state index contributed by atoms with van der Waals surface area (Å²) in [5, 5.41) is 5.14. The van der Waals surface area contributed by atoms with Gasteiger partial charge in [-0.1, -0.05) is 61.7 Å². The Morgan fingerprint density at radius 2 is 1.36 bits per heavy atom. The number of amides is 1. The number of carbonyl (C=O) groups excluding carboxylic acids is 1. The van der Waals surface area contributed by atoms with Crippen LogP contribution in [0.1, 0.15) is 37.7 Å². The molecule has 0 spiro atoms. The average Bonchev–Trinajstić information content (AvgIpc) is 2.68. The Balaban J connectivity index is 2.01. The number of carbonyl (C=O) groups is 1. The summed E-state index contributed by atoms with van der Waals surface area (Å²) in [5.74, 6) is -0.650. The van der Waals surface area contributed by atoms with Crippen LogP contribution < -0.4 is 9.86 Å². The van der Waals surface area contributed by atoms with Gasteiger partial charge in [0.1, 0.15) is 9.79 Å².